The summed E-state index contributed by atoms with van der Waals surface area (Å²) in [5.41, 5.74) is 19.2. The van der Waals surface area contributed by atoms with Gasteiger partial charge >= 0.3 is 0 Å². The molecule has 8 aromatic carbocycles. The Kier molecular flexibility index (Phi) is 9.64. The van der Waals surface area contributed by atoms with Crippen LogP contribution in [0, 0.1) is 0 Å². The summed E-state index contributed by atoms with van der Waals surface area (Å²) in [6.07, 6.45) is 7.90. The molecular formula is C58H42N4. The molecule has 0 atom stereocenters. The van der Waals surface area contributed by atoms with E-state index in [1.54, 1.807) is 12.4 Å². The van der Waals surface area contributed by atoms with E-state index in [4.69, 9.17) is 0 Å². The molecule has 10 aromatic rings. The van der Waals surface area contributed by atoms with Gasteiger partial charge in [0.25, 0.3) is 0 Å². The first-order chi connectivity index (χ1) is 30.8. The molecule has 0 unspecified atom stereocenters. The third-order valence-electron chi connectivity index (χ3n) is 12.1. The maximum Gasteiger partial charge on any atom is 0.159 e. The lowest BCUT2D eigenvalue weighted by Gasteiger charge is -2.26. The maximum atomic E-state index is 4.49. The van der Waals surface area contributed by atoms with Crippen LogP contribution in [-0.2, 0) is 6.42 Å². The molecule has 0 spiro atoms. The minimum Gasteiger partial charge on any atom is -0.312 e. The molecule has 0 radical (unpaired) electrons. The van der Waals surface area contributed by atoms with Crippen molar-refractivity contribution in [2.45, 2.75) is 12.8 Å². The topological polar surface area (TPSA) is 34.0 Å². The van der Waals surface area contributed by atoms with Gasteiger partial charge in [-0.2, -0.15) is 0 Å². The summed E-state index contributed by atoms with van der Waals surface area (Å²) < 4.78 is 2.53. The minimum atomic E-state index is 0.713. The first-order valence-corrected chi connectivity index (χ1v) is 21.3. The van der Waals surface area contributed by atoms with Gasteiger partial charge in [0.05, 0.1) is 5.52 Å². The average molecular weight is 795 g/mol. The van der Waals surface area contributed by atoms with Gasteiger partial charge in [-0.05, 0) is 125 Å². The molecule has 0 saturated carbocycles. The van der Waals surface area contributed by atoms with E-state index < -0.39 is 0 Å². The number of rotatable bonds is 9. The van der Waals surface area contributed by atoms with Gasteiger partial charge in [-0.15, -0.1) is 0 Å². The molecular weight excluding hydrogens is 753 g/mol. The number of fused-ring (bicyclic) bond motifs is 3. The Bertz CT molecular complexity index is 3080. The fraction of sp³-hybridized carbons (Fsp3) is 0.0345. The molecule has 0 saturated heterocycles. The third kappa shape index (κ3) is 6.88. The lowest BCUT2D eigenvalue weighted by atomic mass is 9.88. The van der Waals surface area contributed by atoms with E-state index in [0.29, 0.717) is 5.82 Å². The van der Waals surface area contributed by atoms with Gasteiger partial charge in [-0.25, -0.2) is 9.97 Å². The first kappa shape index (κ1) is 37.0. The number of aromatic nitrogens is 3. The van der Waals surface area contributed by atoms with Crippen molar-refractivity contribution in [1.82, 2.24) is 14.5 Å². The van der Waals surface area contributed by atoms with E-state index in [-0.39, 0.29) is 0 Å². The zero-order valence-corrected chi connectivity index (χ0v) is 34.1. The number of para-hydroxylation sites is 1. The van der Waals surface area contributed by atoms with Gasteiger partial charge in [-0.3, -0.25) is 0 Å². The number of benzene rings is 8. The Morgan fingerprint density at radius 1 is 0.387 bits per heavy atom. The second-order valence-electron chi connectivity index (χ2n) is 15.7. The van der Waals surface area contributed by atoms with Gasteiger partial charge in [-0.1, -0.05) is 146 Å². The molecule has 2 aromatic heterocycles. The van der Waals surface area contributed by atoms with Crippen LogP contribution >= 0.6 is 0 Å². The SMILES string of the molecule is C1=C(c2ccc(N(c3ccc(-c4ccccc4)cc3)c3ccc(-c4ncccn4)cc3)cc2)CCc2c1c1c(-c3ccccc3)ccc(-c3ccccc3)c1n2-c1ccccc1. The number of anilines is 3. The monoisotopic (exact) mass is 794 g/mol. The largest absolute Gasteiger partial charge is 0.312 e. The number of hydrogen-bond acceptors (Lipinski definition) is 3. The summed E-state index contributed by atoms with van der Waals surface area (Å²) in [5.74, 6) is 0.713. The van der Waals surface area contributed by atoms with Crippen molar-refractivity contribution in [3.63, 3.8) is 0 Å². The van der Waals surface area contributed by atoms with Crippen LogP contribution in [0.15, 0.2) is 225 Å². The highest BCUT2D eigenvalue weighted by Gasteiger charge is 2.26. The van der Waals surface area contributed by atoms with E-state index >= 15 is 0 Å². The quantitative estimate of drug-likeness (QED) is 0.146. The molecule has 0 aliphatic heterocycles. The lowest BCUT2D eigenvalue weighted by molar-refractivity contribution is 0.898. The highest BCUT2D eigenvalue weighted by Crippen LogP contribution is 2.46. The Balaban J connectivity index is 1.03. The van der Waals surface area contributed by atoms with Crippen LogP contribution in [0.3, 0.4) is 0 Å². The molecule has 4 heteroatoms. The Morgan fingerprint density at radius 2 is 0.855 bits per heavy atom. The van der Waals surface area contributed by atoms with Crippen LogP contribution in [0.2, 0.25) is 0 Å². The fourth-order valence-electron chi connectivity index (χ4n) is 9.11. The van der Waals surface area contributed by atoms with Crippen LogP contribution in [-0.4, -0.2) is 14.5 Å². The predicted molar refractivity (Wildman–Crippen MR) is 258 cm³/mol. The van der Waals surface area contributed by atoms with Crippen LogP contribution in [0.25, 0.3) is 73.0 Å². The smallest absolute Gasteiger partial charge is 0.159 e. The fourth-order valence-corrected chi connectivity index (χ4v) is 9.11. The molecule has 62 heavy (non-hydrogen) atoms. The molecule has 0 N–H and O–H groups in total. The van der Waals surface area contributed by atoms with Gasteiger partial charge in [0.2, 0.25) is 0 Å². The summed E-state index contributed by atoms with van der Waals surface area (Å²) in [7, 11) is 0. The summed E-state index contributed by atoms with van der Waals surface area (Å²) in [6, 6.07) is 76.1. The highest BCUT2D eigenvalue weighted by molar-refractivity contribution is 6.11. The Morgan fingerprint density at radius 3 is 1.44 bits per heavy atom. The second kappa shape index (κ2) is 16.2. The van der Waals surface area contributed by atoms with Gasteiger partial charge < -0.3 is 9.47 Å². The molecule has 1 aliphatic rings. The number of allylic oxidation sites excluding steroid dienone is 1. The van der Waals surface area contributed by atoms with Crippen molar-refractivity contribution >= 4 is 39.6 Å². The van der Waals surface area contributed by atoms with Gasteiger partial charge in [0, 0.05) is 62.9 Å². The van der Waals surface area contributed by atoms with Crippen molar-refractivity contribution in [2.75, 3.05) is 4.90 Å². The molecule has 0 fully saturated rings. The zero-order valence-electron chi connectivity index (χ0n) is 34.1. The standard InChI is InChI=1S/C58H42N4/c1-5-14-41(15-6-1)42-22-29-49(30-23-42)61(51-33-26-46(27-34-51)58-59-38-13-39-60-58)50-31-24-43(25-32-50)47-28-37-55-54(40-47)56-52(44-16-7-2-8-17-44)35-36-53(45-18-9-3-10-19-45)57(56)62(55)48-20-11-4-12-21-48/h1-27,29-36,38-40H,28,37H2. The van der Waals surface area contributed by atoms with Crippen LogP contribution in [0.1, 0.15) is 23.2 Å². The minimum absolute atomic E-state index is 0.713. The van der Waals surface area contributed by atoms with Gasteiger partial charge in [0.1, 0.15) is 0 Å². The average Bonchev–Trinajstić information content (AvgIpc) is 3.70. The number of hydrogen-bond donors (Lipinski definition) is 0. The molecule has 0 amide bonds. The van der Waals surface area contributed by atoms with Crippen LogP contribution < -0.4 is 4.90 Å². The molecule has 11 rings (SSSR count). The Labute approximate surface area is 362 Å². The normalized spacial score (nSPS) is 12.2. The predicted octanol–water partition coefficient (Wildman–Crippen LogP) is 15.0. The van der Waals surface area contributed by atoms with E-state index in [1.807, 2.05) is 6.07 Å². The number of nitrogens with zero attached hydrogens (tertiary/aromatic N) is 4. The second-order valence-corrected chi connectivity index (χ2v) is 15.7. The molecule has 4 nitrogen and oxygen atoms in total. The van der Waals surface area contributed by atoms with Crippen molar-refractivity contribution in [2.24, 2.45) is 0 Å². The zero-order chi connectivity index (χ0) is 41.2. The van der Waals surface area contributed by atoms with E-state index in [1.165, 1.54) is 72.4 Å². The summed E-state index contributed by atoms with van der Waals surface area (Å²) in [6.45, 7) is 0. The van der Waals surface area contributed by atoms with Crippen LogP contribution in [0.4, 0.5) is 17.1 Å². The van der Waals surface area contributed by atoms with Gasteiger partial charge in [0.15, 0.2) is 5.82 Å². The Hall–Kier alpha value is -8.08. The molecule has 0 bridgehead atoms. The summed E-state index contributed by atoms with van der Waals surface area (Å²) in [4.78, 5) is 11.3. The lowest BCUT2D eigenvalue weighted by Crippen LogP contribution is -2.10. The van der Waals surface area contributed by atoms with Crippen LogP contribution in [0.5, 0.6) is 0 Å². The van der Waals surface area contributed by atoms with Crippen molar-refractivity contribution in [3.8, 4) is 50.5 Å². The van der Waals surface area contributed by atoms with E-state index in [9.17, 15) is 0 Å². The highest BCUT2D eigenvalue weighted by atomic mass is 15.1. The van der Waals surface area contributed by atoms with Crippen molar-refractivity contribution in [1.29, 1.82) is 0 Å². The summed E-state index contributed by atoms with van der Waals surface area (Å²) >= 11 is 0. The van der Waals surface area contributed by atoms with E-state index in [0.717, 1.165) is 35.5 Å². The van der Waals surface area contributed by atoms with Crippen molar-refractivity contribution < 1.29 is 0 Å². The maximum absolute atomic E-state index is 4.49. The first-order valence-electron chi connectivity index (χ1n) is 21.3. The molecule has 294 valence electrons. The van der Waals surface area contributed by atoms with E-state index in [2.05, 4.69) is 232 Å². The third-order valence-corrected chi connectivity index (χ3v) is 12.1. The summed E-state index contributed by atoms with van der Waals surface area (Å²) in [5, 5.41) is 1.29. The van der Waals surface area contributed by atoms with Crippen molar-refractivity contribution in [3.05, 3.63) is 242 Å². The molecule has 2 heterocycles. The molecule has 1 aliphatic carbocycles.